The molecule has 0 radical (unpaired) electrons. The molecule has 4 rings (SSSR count). The highest BCUT2D eigenvalue weighted by molar-refractivity contribution is 5.47. The van der Waals surface area contributed by atoms with E-state index >= 15 is 0 Å². The molecule has 2 atom stereocenters. The zero-order valence-corrected chi connectivity index (χ0v) is 18.7. The number of hydrogen-bond donors (Lipinski definition) is 1. The van der Waals surface area contributed by atoms with Crippen molar-refractivity contribution in [2.45, 2.75) is 38.0 Å². The predicted molar refractivity (Wildman–Crippen MR) is 128 cm³/mol. The summed E-state index contributed by atoms with van der Waals surface area (Å²) >= 11 is 0. The van der Waals surface area contributed by atoms with Crippen molar-refractivity contribution in [2.75, 3.05) is 26.2 Å². The van der Waals surface area contributed by atoms with Crippen LogP contribution in [0.25, 0.3) is 0 Å². The summed E-state index contributed by atoms with van der Waals surface area (Å²) in [4.78, 5) is 2.56. The minimum atomic E-state index is -0.617. The average Bonchev–Trinajstić information content (AvgIpc) is 2.80. The van der Waals surface area contributed by atoms with Gasteiger partial charge in [-0.25, -0.2) is 0 Å². The molecule has 3 heteroatoms. The number of hydrogen-bond acceptors (Lipinski definition) is 3. The number of rotatable bonds is 8. The van der Waals surface area contributed by atoms with Crippen LogP contribution in [0.15, 0.2) is 91.0 Å². The average molecular weight is 415 g/mol. The van der Waals surface area contributed by atoms with Gasteiger partial charge in [-0.15, -0.1) is 0 Å². The molecule has 1 heterocycles. The number of ether oxygens (including phenoxy) is 1. The van der Waals surface area contributed by atoms with Gasteiger partial charge in [0.05, 0.1) is 0 Å². The first-order valence-corrected chi connectivity index (χ1v) is 11.5. The van der Waals surface area contributed by atoms with Gasteiger partial charge in [0, 0.05) is 38.3 Å². The molecule has 1 N–H and O–H groups in total. The molecule has 0 bridgehead atoms. The lowest BCUT2D eigenvalue weighted by atomic mass is 9.80. The van der Waals surface area contributed by atoms with Crippen LogP contribution < -0.4 is 5.32 Å². The fraction of sp³-hybridized carbons (Fsp3) is 0.357. The number of piperazine rings is 1. The predicted octanol–water partition coefficient (Wildman–Crippen LogP) is 5.07. The Balaban J connectivity index is 1.60. The topological polar surface area (TPSA) is 24.5 Å². The molecular formula is C28H34N2O. The first-order chi connectivity index (χ1) is 15.2. The van der Waals surface area contributed by atoms with Crippen LogP contribution in [-0.4, -0.2) is 43.2 Å². The molecule has 0 aliphatic carbocycles. The maximum absolute atomic E-state index is 6.89. The molecule has 0 spiro atoms. The monoisotopic (exact) mass is 414 g/mol. The van der Waals surface area contributed by atoms with Crippen LogP contribution >= 0.6 is 0 Å². The van der Waals surface area contributed by atoms with E-state index in [0.717, 1.165) is 42.7 Å². The maximum Gasteiger partial charge on any atom is 0.143 e. The second kappa shape index (κ2) is 10.2. The van der Waals surface area contributed by atoms with Crippen molar-refractivity contribution in [1.29, 1.82) is 0 Å². The van der Waals surface area contributed by atoms with E-state index < -0.39 is 5.60 Å². The van der Waals surface area contributed by atoms with Gasteiger partial charge < -0.3 is 15.0 Å². The molecule has 0 amide bonds. The molecule has 3 aromatic rings. The summed E-state index contributed by atoms with van der Waals surface area (Å²) in [5, 5.41) is 3.62. The van der Waals surface area contributed by atoms with E-state index in [1.54, 1.807) is 0 Å². The lowest BCUT2D eigenvalue weighted by molar-refractivity contribution is 0.00654. The van der Waals surface area contributed by atoms with Crippen LogP contribution in [-0.2, 0) is 10.3 Å². The highest BCUT2D eigenvalue weighted by Gasteiger charge is 2.37. The zero-order chi connectivity index (χ0) is 21.5. The van der Waals surface area contributed by atoms with Gasteiger partial charge in [0.1, 0.15) is 5.60 Å². The molecule has 3 nitrogen and oxygen atoms in total. The molecule has 31 heavy (non-hydrogen) atoms. The van der Waals surface area contributed by atoms with Crippen molar-refractivity contribution in [3.63, 3.8) is 0 Å². The van der Waals surface area contributed by atoms with Crippen LogP contribution in [0.3, 0.4) is 0 Å². The Labute approximate surface area is 187 Å². The van der Waals surface area contributed by atoms with E-state index in [1.165, 1.54) is 0 Å². The van der Waals surface area contributed by atoms with E-state index in [4.69, 9.17) is 4.74 Å². The summed E-state index contributed by atoms with van der Waals surface area (Å²) in [7, 11) is 0. The molecule has 3 aromatic carbocycles. The van der Waals surface area contributed by atoms with E-state index in [0.29, 0.717) is 18.7 Å². The summed E-state index contributed by atoms with van der Waals surface area (Å²) in [6, 6.07) is 33.0. The highest BCUT2D eigenvalue weighted by atomic mass is 16.5. The molecule has 1 saturated heterocycles. The number of benzene rings is 3. The van der Waals surface area contributed by atoms with Crippen molar-refractivity contribution in [2.24, 2.45) is 0 Å². The minimum absolute atomic E-state index is 0.543. The summed E-state index contributed by atoms with van der Waals surface area (Å²) in [5.41, 5.74) is 2.87. The zero-order valence-electron chi connectivity index (χ0n) is 18.7. The first-order valence-electron chi connectivity index (χ1n) is 11.5. The van der Waals surface area contributed by atoms with Crippen molar-refractivity contribution >= 4 is 0 Å². The van der Waals surface area contributed by atoms with Gasteiger partial charge in [-0.05, 0) is 37.0 Å². The molecule has 1 fully saturated rings. The SMILES string of the molecule is CC1CN(CCCOC(c2ccccc2)(c2ccccc2)c2ccccc2)CC(C)N1. The third-order valence-corrected chi connectivity index (χ3v) is 6.11. The van der Waals surface area contributed by atoms with Crippen molar-refractivity contribution in [3.05, 3.63) is 108 Å². The quantitative estimate of drug-likeness (QED) is 0.411. The third-order valence-electron chi connectivity index (χ3n) is 6.11. The highest BCUT2D eigenvalue weighted by Crippen LogP contribution is 2.40. The van der Waals surface area contributed by atoms with Crippen molar-refractivity contribution < 1.29 is 4.74 Å². The van der Waals surface area contributed by atoms with Gasteiger partial charge >= 0.3 is 0 Å². The summed E-state index contributed by atoms with van der Waals surface area (Å²) in [5.74, 6) is 0. The molecule has 1 aliphatic heterocycles. The summed E-state index contributed by atoms with van der Waals surface area (Å²) in [6.45, 7) is 8.50. The third kappa shape index (κ3) is 5.07. The normalized spacial score (nSPS) is 19.9. The molecule has 162 valence electrons. The summed E-state index contributed by atoms with van der Waals surface area (Å²) in [6.07, 6.45) is 1.01. The van der Waals surface area contributed by atoms with E-state index in [2.05, 4.69) is 115 Å². The Morgan fingerprint density at radius 1 is 0.742 bits per heavy atom. The Kier molecular flexibility index (Phi) is 7.18. The Morgan fingerprint density at radius 3 is 1.58 bits per heavy atom. The van der Waals surface area contributed by atoms with Crippen LogP contribution in [0.1, 0.15) is 37.0 Å². The number of nitrogens with one attached hydrogen (secondary N) is 1. The van der Waals surface area contributed by atoms with Gasteiger partial charge in [-0.2, -0.15) is 0 Å². The second-order valence-electron chi connectivity index (χ2n) is 8.71. The Bertz CT molecular complexity index is 807. The van der Waals surface area contributed by atoms with Crippen LogP contribution in [0.4, 0.5) is 0 Å². The van der Waals surface area contributed by atoms with Crippen LogP contribution in [0.5, 0.6) is 0 Å². The van der Waals surface area contributed by atoms with Crippen molar-refractivity contribution in [1.82, 2.24) is 10.2 Å². The number of nitrogens with zero attached hydrogens (tertiary/aromatic N) is 1. The molecule has 2 unspecified atom stereocenters. The lowest BCUT2D eigenvalue weighted by Gasteiger charge is -2.38. The Morgan fingerprint density at radius 2 is 1.16 bits per heavy atom. The van der Waals surface area contributed by atoms with Gasteiger partial charge in [0.15, 0.2) is 0 Å². The van der Waals surface area contributed by atoms with Crippen molar-refractivity contribution in [3.8, 4) is 0 Å². The van der Waals surface area contributed by atoms with Gasteiger partial charge in [0.25, 0.3) is 0 Å². The van der Waals surface area contributed by atoms with E-state index in [-0.39, 0.29) is 0 Å². The second-order valence-corrected chi connectivity index (χ2v) is 8.71. The smallest absolute Gasteiger partial charge is 0.143 e. The van der Waals surface area contributed by atoms with E-state index in [9.17, 15) is 0 Å². The lowest BCUT2D eigenvalue weighted by Crippen LogP contribution is -2.54. The fourth-order valence-corrected chi connectivity index (χ4v) is 4.90. The van der Waals surface area contributed by atoms with Gasteiger partial charge in [0.2, 0.25) is 0 Å². The molecule has 1 aliphatic rings. The fourth-order valence-electron chi connectivity index (χ4n) is 4.90. The molecular weight excluding hydrogens is 380 g/mol. The summed E-state index contributed by atoms with van der Waals surface area (Å²) < 4.78 is 6.89. The Hall–Kier alpha value is -2.46. The first kappa shape index (κ1) is 21.8. The van der Waals surface area contributed by atoms with Gasteiger partial charge in [-0.1, -0.05) is 91.0 Å². The molecule has 0 saturated carbocycles. The van der Waals surface area contributed by atoms with Crippen LogP contribution in [0.2, 0.25) is 0 Å². The van der Waals surface area contributed by atoms with Gasteiger partial charge in [-0.3, -0.25) is 0 Å². The minimum Gasteiger partial charge on any atom is -0.361 e. The van der Waals surface area contributed by atoms with E-state index in [1.807, 2.05) is 0 Å². The largest absolute Gasteiger partial charge is 0.361 e. The molecule has 0 aromatic heterocycles. The maximum atomic E-state index is 6.89. The van der Waals surface area contributed by atoms with Crippen LogP contribution in [0, 0.1) is 0 Å². The standard InChI is InChI=1S/C28H34N2O/c1-23-21-30(22-24(2)29-23)19-12-20-31-28(25-13-6-3-7-14-25,26-15-8-4-9-16-26)27-17-10-5-11-18-27/h3-11,13-18,23-24,29H,12,19-22H2,1-2H3.